The zero-order chi connectivity index (χ0) is 13.8. The molecule has 0 bridgehead atoms. The summed E-state index contributed by atoms with van der Waals surface area (Å²) < 4.78 is 0.889. The molecule has 1 unspecified atom stereocenters. The molecule has 1 aromatic rings. The Labute approximate surface area is 124 Å². The second kappa shape index (κ2) is 6.66. The Morgan fingerprint density at radius 2 is 2.05 bits per heavy atom. The van der Waals surface area contributed by atoms with Crippen LogP contribution < -0.4 is 4.90 Å². The van der Waals surface area contributed by atoms with Crippen molar-refractivity contribution < 1.29 is 0 Å². The molecule has 0 N–H and O–H groups in total. The fourth-order valence-electron chi connectivity index (χ4n) is 2.76. The van der Waals surface area contributed by atoms with Crippen LogP contribution >= 0.6 is 15.9 Å². The molecule has 1 saturated heterocycles. The molecular formula is C14H23BrN4. The van der Waals surface area contributed by atoms with Gasteiger partial charge in [0, 0.05) is 31.6 Å². The molecule has 19 heavy (non-hydrogen) atoms. The second-order valence-corrected chi connectivity index (χ2v) is 5.74. The van der Waals surface area contributed by atoms with Gasteiger partial charge in [-0.25, -0.2) is 9.97 Å². The van der Waals surface area contributed by atoms with Crippen LogP contribution in [-0.2, 0) is 6.42 Å². The monoisotopic (exact) mass is 326 g/mol. The lowest BCUT2D eigenvalue weighted by molar-refractivity contribution is 0.232. The maximum absolute atomic E-state index is 4.65. The van der Waals surface area contributed by atoms with Gasteiger partial charge in [-0.1, -0.05) is 20.8 Å². The van der Waals surface area contributed by atoms with Gasteiger partial charge < -0.3 is 4.90 Å². The first-order valence-corrected chi connectivity index (χ1v) is 7.99. The number of anilines is 1. The summed E-state index contributed by atoms with van der Waals surface area (Å²) in [4.78, 5) is 13.9. The molecule has 5 heteroatoms. The lowest BCUT2D eigenvalue weighted by atomic mass is 10.2. The van der Waals surface area contributed by atoms with Crippen molar-refractivity contribution in [2.75, 3.05) is 31.1 Å². The molecule has 4 nitrogen and oxygen atoms in total. The summed E-state index contributed by atoms with van der Waals surface area (Å²) in [5.74, 6) is 1.98. The van der Waals surface area contributed by atoms with Gasteiger partial charge in [0.15, 0.2) is 0 Å². The smallest absolute Gasteiger partial charge is 0.133 e. The maximum Gasteiger partial charge on any atom is 0.133 e. The van der Waals surface area contributed by atoms with Crippen LogP contribution in [0.25, 0.3) is 0 Å². The van der Waals surface area contributed by atoms with Crippen molar-refractivity contribution in [3.63, 3.8) is 0 Å². The average Bonchev–Trinajstić information content (AvgIpc) is 2.89. The van der Waals surface area contributed by atoms with Gasteiger partial charge in [-0.15, -0.1) is 0 Å². The van der Waals surface area contributed by atoms with Crippen LogP contribution in [-0.4, -0.2) is 47.1 Å². The van der Waals surface area contributed by atoms with E-state index in [9.17, 15) is 0 Å². The van der Waals surface area contributed by atoms with Crippen molar-refractivity contribution >= 4 is 21.7 Å². The molecule has 1 aliphatic heterocycles. The number of hydrogen-bond donors (Lipinski definition) is 0. The van der Waals surface area contributed by atoms with Gasteiger partial charge in [-0.2, -0.15) is 0 Å². The van der Waals surface area contributed by atoms with Gasteiger partial charge in [0.2, 0.25) is 0 Å². The van der Waals surface area contributed by atoms with Crippen molar-refractivity contribution in [1.82, 2.24) is 14.9 Å². The van der Waals surface area contributed by atoms with Gasteiger partial charge in [0.1, 0.15) is 16.2 Å². The molecule has 0 radical (unpaired) electrons. The first kappa shape index (κ1) is 14.7. The fourth-order valence-corrected chi connectivity index (χ4v) is 3.17. The molecule has 2 rings (SSSR count). The minimum absolute atomic E-state index is 0.661. The van der Waals surface area contributed by atoms with E-state index in [1.807, 2.05) is 6.07 Å². The van der Waals surface area contributed by atoms with Crippen molar-refractivity contribution in [1.29, 1.82) is 0 Å². The van der Waals surface area contributed by atoms with Crippen molar-refractivity contribution in [3.05, 3.63) is 16.5 Å². The highest BCUT2D eigenvalue weighted by Crippen LogP contribution is 2.23. The van der Waals surface area contributed by atoms with Gasteiger partial charge in [-0.3, -0.25) is 4.90 Å². The van der Waals surface area contributed by atoms with E-state index < -0.39 is 0 Å². The predicted molar refractivity (Wildman–Crippen MR) is 82.6 cm³/mol. The third-order valence-electron chi connectivity index (χ3n) is 3.86. The molecule has 0 amide bonds. The molecule has 1 aliphatic rings. The van der Waals surface area contributed by atoms with E-state index in [4.69, 9.17) is 0 Å². The molecule has 106 valence electrons. The van der Waals surface area contributed by atoms with E-state index >= 15 is 0 Å². The first-order valence-electron chi connectivity index (χ1n) is 7.20. The van der Waals surface area contributed by atoms with Gasteiger partial charge in [-0.05, 0) is 35.4 Å². The van der Waals surface area contributed by atoms with E-state index in [2.05, 4.69) is 56.5 Å². The Hall–Kier alpha value is -0.680. The summed E-state index contributed by atoms with van der Waals surface area (Å²) in [6.45, 7) is 11.0. The summed E-state index contributed by atoms with van der Waals surface area (Å²) in [5.41, 5.74) is 0. The zero-order valence-corrected chi connectivity index (χ0v) is 13.7. The minimum Gasteiger partial charge on any atom is -0.355 e. The molecular weight excluding hydrogens is 304 g/mol. The number of aryl methyl sites for hydroxylation is 1. The molecule has 0 aromatic carbocycles. The number of rotatable bonds is 5. The molecule has 2 heterocycles. The Balaban J connectivity index is 2.10. The number of halogens is 1. The molecule has 1 fully saturated rings. The van der Waals surface area contributed by atoms with Crippen LogP contribution in [0.1, 0.15) is 33.0 Å². The normalized spacial score (nSPS) is 19.4. The quantitative estimate of drug-likeness (QED) is 0.779. The highest BCUT2D eigenvalue weighted by atomic mass is 79.9. The minimum atomic E-state index is 0.661. The van der Waals surface area contributed by atoms with Gasteiger partial charge >= 0.3 is 0 Å². The van der Waals surface area contributed by atoms with Crippen LogP contribution in [0.15, 0.2) is 10.7 Å². The molecule has 1 aromatic heterocycles. The number of hydrogen-bond acceptors (Lipinski definition) is 4. The van der Waals surface area contributed by atoms with Crippen LogP contribution in [0, 0.1) is 0 Å². The second-order valence-electron chi connectivity index (χ2n) is 4.93. The predicted octanol–water partition coefficient (Wildman–Crippen LogP) is 2.72. The van der Waals surface area contributed by atoms with Crippen LogP contribution in [0.4, 0.5) is 5.82 Å². The number of aromatic nitrogens is 2. The van der Waals surface area contributed by atoms with E-state index in [0.29, 0.717) is 6.04 Å². The summed E-state index contributed by atoms with van der Waals surface area (Å²) in [6, 6.07) is 2.69. The summed E-state index contributed by atoms with van der Waals surface area (Å²) >= 11 is 3.48. The average molecular weight is 327 g/mol. The van der Waals surface area contributed by atoms with Crippen LogP contribution in [0.2, 0.25) is 0 Å². The summed E-state index contributed by atoms with van der Waals surface area (Å²) in [7, 11) is 0. The number of likely N-dealkylation sites (N-methyl/N-ethyl adjacent to an activating group) is 1. The Morgan fingerprint density at radius 3 is 2.68 bits per heavy atom. The lowest BCUT2D eigenvalue weighted by Gasteiger charge is -2.26. The fraction of sp³-hybridized carbons (Fsp3) is 0.714. The molecule has 0 aliphatic carbocycles. The van der Waals surface area contributed by atoms with Crippen molar-refractivity contribution in [2.24, 2.45) is 0 Å². The van der Waals surface area contributed by atoms with E-state index in [0.717, 1.165) is 48.8 Å². The standard InChI is InChI=1S/C14H23BrN4/c1-4-13-16-12(15)9-14(17-13)19-8-7-11(10-19)18(5-2)6-3/h9,11H,4-8,10H2,1-3H3. The SMILES string of the molecule is CCc1nc(Br)cc(N2CCC(N(CC)CC)C2)n1. The van der Waals surface area contributed by atoms with Gasteiger partial charge in [0.25, 0.3) is 0 Å². The number of nitrogens with zero attached hydrogens (tertiary/aromatic N) is 4. The Bertz CT molecular complexity index is 420. The Kier molecular flexibility index (Phi) is 5.16. The first-order chi connectivity index (χ1) is 9.17. The largest absolute Gasteiger partial charge is 0.355 e. The zero-order valence-electron chi connectivity index (χ0n) is 12.1. The highest BCUT2D eigenvalue weighted by Gasteiger charge is 2.27. The third-order valence-corrected chi connectivity index (χ3v) is 4.27. The maximum atomic E-state index is 4.65. The highest BCUT2D eigenvalue weighted by molar-refractivity contribution is 9.10. The van der Waals surface area contributed by atoms with Crippen molar-refractivity contribution in [2.45, 2.75) is 39.7 Å². The van der Waals surface area contributed by atoms with Crippen LogP contribution in [0.5, 0.6) is 0 Å². The molecule has 0 saturated carbocycles. The summed E-state index contributed by atoms with van der Waals surface area (Å²) in [5, 5.41) is 0. The van der Waals surface area contributed by atoms with Gasteiger partial charge in [0.05, 0.1) is 0 Å². The van der Waals surface area contributed by atoms with E-state index in [-0.39, 0.29) is 0 Å². The lowest BCUT2D eigenvalue weighted by Crippen LogP contribution is -2.37. The topological polar surface area (TPSA) is 32.3 Å². The molecule has 1 atom stereocenters. The van der Waals surface area contributed by atoms with Crippen LogP contribution in [0.3, 0.4) is 0 Å². The van der Waals surface area contributed by atoms with Crippen molar-refractivity contribution in [3.8, 4) is 0 Å². The van der Waals surface area contributed by atoms with E-state index in [1.165, 1.54) is 6.42 Å². The Morgan fingerprint density at radius 1 is 1.32 bits per heavy atom. The molecule has 0 spiro atoms. The third kappa shape index (κ3) is 3.45. The summed E-state index contributed by atoms with van der Waals surface area (Å²) in [6.07, 6.45) is 2.10. The van der Waals surface area contributed by atoms with E-state index in [1.54, 1.807) is 0 Å².